The van der Waals surface area contributed by atoms with Gasteiger partial charge in [0.15, 0.2) is 0 Å². The second-order valence-electron chi connectivity index (χ2n) is 3.18. The maximum atomic E-state index is 10.9. The Balaban J connectivity index is 3.56. The molecule has 0 bridgehead atoms. The summed E-state index contributed by atoms with van der Waals surface area (Å²) in [4.78, 5) is 0.0664. The average Bonchev–Trinajstić information content (AvgIpc) is 1.94. The highest BCUT2D eigenvalue weighted by atomic mass is 32.2. The Morgan fingerprint density at radius 2 is 1.85 bits per heavy atom. The minimum Gasteiger partial charge on any atom is -0.282 e. The Bertz CT molecular complexity index is 437. The second-order valence-corrected chi connectivity index (χ2v) is 5.57. The molecule has 13 heavy (non-hydrogen) atoms. The summed E-state index contributed by atoms with van der Waals surface area (Å²) >= 11 is 0. The van der Waals surface area contributed by atoms with Crippen molar-refractivity contribution in [3.8, 4) is 0 Å². The molecule has 0 atom stereocenters. The van der Waals surface area contributed by atoms with Crippen LogP contribution in [-0.2, 0) is 10.1 Å². The van der Waals surface area contributed by atoms with Gasteiger partial charge in [-0.25, -0.2) is 0 Å². The van der Waals surface area contributed by atoms with E-state index in [1.807, 2.05) is 19.9 Å². The van der Waals surface area contributed by atoms with Gasteiger partial charge in [-0.2, -0.15) is 8.42 Å². The first kappa shape index (κ1) is 10.4. The number of benzene rings is 1. The third kappa shape index (κ3) is 2.18. The lowest BCUT2D eigenvalue weighted by Gasteiger charge is -2.07. The van der Waals surface area contributed by atoms with E-state index in [1.165, 1.54) is 6.07 Å². The number of hydrogen-bond donors (Lipinski definition) is 1. The fourth-order valence-electron chi connectivity index (χ4n) is 1.27. The van der Waals surface area contributed by atoms with E-state index in [2.05, 4.69) is 0 Å². The van der Waals surface area contributed by atoms with Crippen LogP contribution in [0.4, 0.5) is 0 Å². The first-order chi connectivity index (χ1) is 5.82. The highest BCUT2D eigenvalue weighted by molar-refractivity contribution is 7.86. The summed E-state index contributed by atoms with van der Waals surface area (Å²) in [5.74, 6) is 0. The summed E-state index contributed by atoms with van der Waals surface area (Å²) in [6.45, 7) is 3.66. The lowest BCUT2D eigenvalue weighted by molar-refractivity contribution is 0.483. The molecule has 1 rings (SSSR count). The SMILES string of the molecule is Cc1cc(C)c([SiH3])c(S(=O)(=O)O)c1. The molecule has 0 aromatic heterocycles. The predicted molar refractivity (Wildman–Crippen MR) is 55.3 cm³/mol. The maximum Gasteiger partial charge on any atom is 0.294 e. The molecule has 0 saturated heterocycles. The summed E-state index contributed by atoms with van der Waals surface area (Å²) in [5.41, 5.74) is 1.78. The van der Waals surface area contributed by atoms with Crippen LogP contribution in [0.1, 0.15) is 11.1 Å². The molecule has 1 aromatic rings. The van der Waals surface area contributed by atoms with Crippen molar-refractivity contribution in [3.63, 3.8) is 0 Å². The standard InChI is InChI=1S/C8H12O3SSi/c1-5-3-6(2)8(13)7(4-5)12(9,10)11/h3-4H,1-2,13H3,(H,9,10,11). The lowest BCUT2D eigenvalue weighted by atomic mass is 10.2. The van der Waals surface area contributed by atoms with E-state index in [0.29, 0.717) is 10.2 Å². The number of rotatable bonds is 1. The maximum absolute atomic E-state index is 10.9. The van der Waals surface area contributed by atoms with Gasteiger partial charge in [-0.3, -0.25) is 4.55 Å². The highest BCUT2D eigenvalue weighted by Crippen LogP contribution is 2.10. The molecule has 0 saturated carbocycles. The van der Waals surface area contributed by atoms with Gasteiger partial charge in [0.05, 0.1) is 4.90 Å². The topological polar surface area (TPSA) is 54.4 Å². The van der Waals surface area contributed by atoms with E-state index in [1.54, 1.807) is 0 Å². The fourth-order valence-corrected chi connectivity index (χ4v) is 3.21. The average molecular weight is 216 g/mol. The zero-order chi connectivity index (χ0) is 10.2. The van der Waals surface area contributed by atoms with Crippen molar-refractivity contribution in [3.05, 3.63) is 23.3 Å². The third-order valence-corrected chi connectivity index (χ3v) is 4.71. The minimum atomic E-state index is -4.04. The number of aryl methyl sites for hydroxylation is 2. The quantitative estimate of drug-likeness (QED) is 0.510. The van der Waals surface area contributed by atoms with Gasteiger partial charge in [0.2, 0.25) is 0 Å². The van der Waals surface area contributed by atoms with Crippen molar-refractivity contribution in [2.24, 2.45) is 0 Å². The van der Waals surface area contributed by atoms with Crippen LogP contribution < -0.4 is 5.19 Å². The van der Waals surface area contributed by atoms with Gasteiger partial charge in [-0.05, 0) is 30.7 Å². The first-order valence-electron chi connectivity index (χ1n) is 3.87. The van der Waals surface area contributed by atoms with E-state index < -0.39 is 10.1 Å². The molecule has 72 valence electrons. The number of hydrogen-bond acceptors (Lipinski definition) is 2. The molecule has 0 heterocycles. The summed E-state index contributed by atoms with van der Waals surface area (Å²) < 4.78 is 30.8. The van der Waals surface area contributed by atoms with Gasteiger partial charge in [0, 0.05) is 10.2 Å². The van der Waals surface area contributed by atoms with Crippen molar-refractivity contribution in [1.29, 1.82) is 0 Å². The summed E-state index contributed by atoms with van der Waals surface area (Å²) in [5, 5.41) is 0.744. The van der Waals surface area contributed by atoms with Crippen LogP contribution in [0, 0.1) is 13.8 Å². The van der Waals surface area contributed by atoms with Crippen LogP contribution in [0.5, 0.6) is 0 Å². The van der Waals surface area contributed by atoms with Gasteiger partial charge in [-0.15, -0.1) is 0 Å². The molecule has 0 fully saturated rings. The second kappa shape index (κ2) is 3.25. The Kier molecular flexibility index (Phi) is 2.60. The largest absolute Gasteiger partial charge is 0.294 e. The van der Waals surface area contributed by atoms with Crippen LogP contribution in [0.25, 0.3) is 0 Å². The lowest BCUT2D eigenvalue weighted by Crippen LogP contribution is -2.18. The smallest absolute Gasteiger partial charge is 0.282 e. The van der Waals surface area contributed by atoms with E-state index in [-0.39, 0.29) is 4.90 Å². The Morgan fingerprint density at radius 1 is 1.31 bits per heavy atom. The molecule has 0 spiro atoms. The molecular weight excluding hydrogens is 204 g/mol. The van der Waals surface area contributed by atoms with Crippen molar-refractivity contribution < 1.29 is 13.0 Å². The van der Waals surface area contributed by atoms with E-state index >= 15 is 0 Å². The third-order valence-electron chi connectivity index (χ3n) is 2.04. The van der Waals surface area contributed by atoms with E-state index in [0.717, 1.165) is 16.3 Å². The molecule has 0 aliphatic carbocycles. The molecular formula is C8H12O3SSi. The summed E-state index contributed by atoms with van der Waals surface area (Å²) in [7, 11) is -3.43. The van der Waals surface area contributed by atoms with Crippen molar-refractivity contribution >= 4 is 25.5 Å². The van der Waals surface area contributed by atoms with Gasteiger partial charge < -0.3 is 0 Å². The zero-order valence-electron chi connectivity index (χ0n) is 7.83. The fraction of sp³-hybridized carbons (Fsp3) is 0.250. The van der Waals surface area contributed by atoms with Crippen LogP contribution in [0.2, 0.25) is 0 Å². The van der Waals surface area contributed by atoms with Crippen molar-refractivity contribution in [1.82, 2.24) is 0 Å². The zero-order valence-corrected chi connectivity index (χ0v) is 10.6. The predicted octanol–water partition coefficient (Wildman–Crippen LogP) is -0.459. The molecule has 0 amide bonds. The van der Waals surface area contributed by atoms with Gasteiger partial charge in [0.1, 0.15) is 0 Å². The van der Waals surface area contributed by atoms with Crippen LogP contribution in [-0.4, -0.2) is 23.2 Å². The summed E-state index contributed by atoms with van der Waals surface area (Å²) in [6, 6.07) is 3.42. The molecule has 0 radical (unpaired) electrons. The molecule has 0 unspecified atom stereocenters. The van der Waals surface area contributed by atoms with Gasteiger partial charge in [-0.1, -0.05) is 11.6 Å². The van der Waals surface area contributed by atoms with Gasteiger partial charge >= 0.3 is 0 Å². The normalized spacial score (nSPS) is 11.9. The van der Waals surface area contributed by atoms with E-state index in [9.17, 15) is 8.42 Å². The minimum absolute atomic E-state index is 0.0664. The first-order valence-corrected chi connectivity index (χ1v) is 6.31. The molecule has 0 aliphatic heterocycles. The highest BCUT2D eigenvalue weighted by Gasteiger charge is 2.14. The van der Waals surface area contributed by atoms with Crippen molar-refractivity contribution in [2.75, 3.05) is 0 Å². The molecule has 3 nitrogen and oxygen atoms in total. The Morgan fingerprint density at radius 3 is 2.31 bits per heavy atom. The van der Waals surface area contributed by atoms with Crippen LogP contribution in [0.3, 0.4) is 0 Å². The Hall–Kier alpha value is -0.653. The molecule has 5 heteroatoms. The molecule has 0 aliphatic rings. The molecule has 1 N–H and O–H groups in total. The van der Waals surface area contributed by atoms with Crippen molar-refractivity contribution in [2.45, 2.75) is 18.7 Å². The van der Waals surface area contributed by atoms with Crippen LogP contribution in [0.15, 0.2) is 17.0 Å². The Labute approximate surface area is 81.0 Å². The summed E-state index contributed by atoms with van der Waals surface area (Å²) in [6.07, 6.45) is 0. The van der Waals surface area contributed by atoms with Gasteiger partial charge in [0.25, 0.3) is 10.1 Å². The van der Waals surface area contributed by atoms with E-state index in [4.69, 9.17) is 4.55 Å². The molecule has 1 aromatic carbocycles. The monoisotopic (exact) mass is 216 g/mol. The van der Waals surface area contributed by atoms with Crippen LogP contribution >= 0.6 is 0 Å².